The Labute approximate surface area is 163 Å². The number of para-hydroxylation sites is 1. The van der Waals surface area contributed by atoms with Gasteiger partial charge in [-0.3, -0.25) is 25.0 Å². The summed E-state index contributed by atoms with van der Waals surface area (Å²) >= 11 is 0. The molecule has 1 amide bonds. The van der Waals surface area contributed by atoms with Crippen LogP contribution < -0.4 is 5.32 Å². The Kier molecular flexibility index (Phi) is 5.64. The molecule has 0 aliphatic carbocycles. The Bertz CT molecular complexity index is 1100. The van der Waals surface area contributed by atoms with Gasteiger partial charge in [0, 0.05) is 11.8 Å². The van der Waals surface area contributed by atoms with Gasteiger partial charge < -0.3 is 5.32 Å². The molecule has 0 saturated carbocycles. The number of benzene rings is 3. The minimum Gasteiger partial charge on any atom is -0.322 e. The quantitative estimate of drug-likeness (QED) is 0.350. The summed E-state index contributed by atoms with van der Waals surface area (Å²) in [5.74, 6) is -0.834. The van der Waals surface area contributed by atoms with Crippen LogP contribution in [0.25, 0.3) is 0 Å². The Morgan fingerprint density at radius 2 is 1.45 bits per heavy atom. The van der Waals surface area contributed by atoms with Crippen molar-refractivity contribution in [2.75, 3.05) is 5.32 Å². The molecule has 10 nitrogen and oxygen atoms in total. The van der Waals surface area contributed by atoms with E-state index in [2.05, 4.69) is 15.5 Å². The number of nitrogens with zero attached hydrogens (tertiary/aromatic N) is 4. The Balaban J connectivity index is 2.12. The largest absolute Gasteiger partial charge is 0.322 e. The number of azo groups is 1. The number of hydrogen-bond donors (Lipinski definition) is 1. The molecule has 0 atom stereocenters. The second-order valence-electron chi connectivity index (χ2n) is 5.73. The first-order valence-electron chi connectivity index (χ1n) is 8.25. The third kappa shape index (κ3) is 4.63. The molecule has 0 aromatic heterocycles. The maximum atomic E-state index is 12.8. The summed E-state index contributed by atoms with van der Waals surface area (Å²) in [6, 6.07) is 18.4. The third-order valence-electron chi connectivity index (χ3n) is 3.78. The van der Waals surface area contributed by atoms with Crippen molar-refractivity contribution < 1.29 is 14.6 Å². The van der Waals surface area contributed by atoms with E-state index in [4.69, 9.17) is 0 Å². The van der Waals surface area contributed by atoms with E-state index < -0.39 is 32.7 Å². The van der Waals surface area contributed by atoms with E-state index >= 15 is 0 Å². The highest BCUT2D eigenvalue weighted by Crippen LogP contribution is 2.35. The zero-order valence-corrected chi connectivity index (χ0v) is 14.8. The van der Waals surface area contributed by atoms with Gasteiger partial charge in [0.25, 0.3) is 17.3 Å². The predicted octanol–water partition coefficient (Wildman–Crippen LogP) is 5.17. The maximum Gasteiger partial charge on any atom is 0.291 e. The van der Waals surface area contributed by atoms with Crippen LogP contribution in [0.5, 0.6) is 0 Å². The minimum absolute atomic E-state index is 0.289. The highest BCUT2D eigenvalue weighted by Gasteiger charge is 2.29. The number of nitro benzene ring substituents is 2. The molecule has 0 fully saturated rings. The number of nitro groups is 2. The topological polar surface area (TPSA) is 140 Å². The van der Waals surface area contributed by atoms with Gasteiger partial charge in [-0.25, -0.2) is 0 Å². The fraction of sp³-hybridized carbons (Fsp3) is 0. The van der Waals surface area contributed by atoms with E-state index in [1.165, 1.54) is 0 Å². The average molecular weight is 391 g/mol. The SMILES string of the molecule is O=C(Nc1ccccc1)c1c(N=Nc2ccccc2)cc([N+](=O)[O-])cc1[N+](=O)[O-]. The Hall–Kier alpha value is -4.47. The lowest BCUT2D eigenvalue weighted by atomic mass is 10.1. The molecule has 3 aromatic rings. The van der Waals surface area contributed by atoms with Crippen molar-refractivity contribution in [2.45, 2.75) is 0 Å². The summed E-state index contributed by atoms with van der Waals surface area (Å²) < 4.78 is 0. The lowest BCUT2D eigenvalue weighted by molar-refractivity contribution is -0.394. The van der Waals surface area contributed by atoms with Crippen LogP contribution in [0.1, 0.15) is 10.4 Å². The van der Waals surface area contributed by atoms with Crippen LogP contribution in [0, 0.1) is 20.2 Å². The Morgan fingerprint density at radius 1 is 0.828 bits per heavy atom. The van der Waals surface area contributed by atoms with Crippen molar-refractivity contribution in [1.82, 2.24) is 0 Å². The number of nitrogens with one attached hydrogen (secondary N) is 1. The smallest absolute Gasteiger partial charge is 0.291 e. The van der Waals surface area contributed by atoms with Crippen LogP contribution >= 0.6 is 0 Å². The molecule has 29 heavy (non-hydrogen) atoms. The number of non-ortho nitro benzene ring substituents is 1. The van der Waals surface area contributed by atoms with Gasteiger partial charge in [-0.2, -0.15) is 5.11 Å². The molecule has 0 unspecified atom stereocenters. The predicted molar refractivity (Wildman–Crippen MR) is 105 cm³/mol. The normalized spacial score (nSPS) is 10.6. The Morgan fingerprint density at radius 3 is 2.03 bits per heavy atom. The van der Waals surface area contributed by atoms with E-state index in [0.29, 0.717) is 11.4 Å². The molecule has 3 rings (SSSR count). The summed E-state index contributed by atoms with van der Waals surface area (Å²) in [5, 5.41) is 33.0. The van der Waals surface area contributed by atoms with Gasteiger partial charge in [0.1, 0.15) is 11.3 Å². The molecular formula is C19H13N5O5. The second-order valence-corrected chi connectivity index (χ2v) is 5.73. The number of hydrogen-bond acceptors (Lipinski definition) is 7. The van der Waals surface area contributed by atoms with Gasteiger partial charge in [-0.05, 0) is 24.3 Å². The highest BCUT2D eigenvalue weighted by molar-refractivity contribution is 6.10. The van der Waals surface area contributed by atoms with E-state index in [-0.39, 0.29) is 5.69 Å². The minimum atomic E-state index is -0.867. The van der Waals surface area contributed by atoms with Crippen molar-refractivity contribution in [3.05, 3.63) is 98.6 Å². The molecule has 144 valence electrons. The molecule has 0 aliphatic rings. The van der Waals surface area contributed by atoms with E-state index in [1.54, 1.807) is 60.7 Å². The molecular weight excluding hydrogens is 378 g/mol. The first kappa shape index (κ1) is 19.3. The summed E-state index contributed by atoms with van der Waals surface area (Å²) in [6.45, 7) is 0. The van der Waals surface area contributed by atoms with E-state index in [9.17, 15) is 25.0 Å². The lowest BCUT2D eigenvalue weighted by Crippen LogP contribution is -2.14. The zero-order chi connectivity index (χ0) is 20.8. The third-order valence-corrected chi connectivity index (χ3v) is 3.78. The molecule has 0 radical (unpaired) electrons. The van der Waals surface area contributed by atoms with Crippen molar-refractivity contribution in [1.29, 1.82) is 0 Å². The first-order valence-corrected chi connectivity index (χ1v) is 8.25. The molecule has 1 N–H and O–H groups in total. The molecule has 0 heterocycles. The van der Waals surface area contributed by atoms with Gasteiger partial charge in [0.05, 0.1) is 21.6 Å². The fourth-order valence-corrected chi connectivity index (χ4v) is 2.48. The number of carbonyl (C=O) groups excluding carboxylic acids is 1. The maximum absolute atomic E-state index is 12.8. The average Bonchev–Trinajstić information content (AvgIpc) is 2.72. The van der Waals surface area contributed by atoms with Crippen LogP contribution in [0.15, 0.2) is 83.0 Å². The van der Waals surface area contributed by atoms with E-state index in [1.807, 2.05) is 0 Å². The molecule has 0 spiro atoms. The number of anilines is 1. The highest BCUT2D eigenvalue weighted by atomic mass is 16.6. The summed E-state index contributed by atoms with van der Waals surface area (Å²) in [5.41, 5.74) is -1.22. The van der Waals surface area contributed by atoms with Crippen molar-refractivity contribution in [3.63, 3.8) is 0 Å². The van der Waals surface area contributed by atoms with Crippen molar-refractivity contribution >= 4 is 34.3 Å². The number of carbonyl (C=O) groups is 1. The van der Waals surface area contributed by atoms with Crippen molar-refractivity contribution in [2.24, 2.45) is 10.2 Å². The summed E-state index contributed by atoms with van der Waals surface area (Å²) in [6.07, 6.45) is 0. The number of amides is 1. The molecule has 10 heteroatoms. The second kappa shape index (κ2) is 8.48. The number of rotatable bonds is 6. The lowest BCUT2D eigenvalue weighted by Gasteiger charge is -2.08. The molecule has 0 saturated heterocycles. The molecule has 3 aromatic carbocycles. The van der Waals surface area contributed by atoms with Gasteiger partial charge in [-0.1, -0.05) is 36.4 Å². The zero-order valence-electron chi connectivity index (χ0n) is 14.8. The van der Waals surface area contributed by atoms with Crippen LogP contribution in [0.3, 0.4) is 0 Å². The van der Waals surface area contributed by atoms with Gasteiger partial charge >= 0.3 is 0 Å². The van der Waals surface area contributed by atoms with Gasteiger partial charge in [-0.15, -0.1) is 5.11 Å². The van der Waals surface area contributed by atoms with E-state index in [0.717, 1.165) is 12.1 Å². The van der Waals surface area contributed by atoms with Gasteiger partial charge in [0.15, 0.2) is 0 Å². The monoisotopic (exact) mass is 391 g/mol. The fourth-order valence-electron chi connectivity index (χ4n) is 2.48. The molecule has 0 aliphatic heterocycles. The van der Waals surface area contributed by atoms with Gasteiger partial charge in [0.2, 0.25) is 0 Å². The van der Waals surface area contributed by atoms with Crippen molar-refractivity contribution in [3.8, 4) is 0 Å². The summed E-state index contributed by atoms with van der Waals surface area (Å²) in [4.78, 5) is 33.8. The summed E-state index contributed by atoms with van der Waals surface area (Å²) in [7, 11) is 0. The standard InChI is InChI=1S/C19H13N5O5/c25-19(20-13-7-3-1-4-8-13)18-16(22-21-14-9-5-2-6-10-14)11-15(23(26)27)12-17(18)24(28)29/h1-12H,(H,20,25). The first-order chi connectivity index (χ1) is 14.0. The van der Waals surface area contributed by atoms with Crippen LogP contribution in [0.4, 0.5) is 28.4 Å². The molecule has 0 bridgehead atoms. The van der Waals surface area contributed by atoms with Crippen LogP contribution in [0.2, 0.25) is 0 Å². The van der Waals surface area contributed by atoms with Crippen LogP contribution in [-0.2, 0) is 0 Å². The van der Waals surface area contributed by atoms with Crippen LogP contribution in [-0.4, -0.2) is 15.8 Å².